The van der Waals surface area contributed by atoms with Gasteiger partial charge in [0.25, 0.3) is 0 Å². The first kappa shape index (κ1) is 21.9. The molecule has 3 aromatic rings. The van der Waals surface area contributed by atoms with E-state index in [2.05, 4.69) is 5.32 Å². The van der Waals surface area contributed by atoms with Crippen molar-refractivity contribution >= 4 is 28.5 Å². The largest absolute Gasteiger partial charge is 0.508 e. The van der Waals surface area contributed by atoms with Crippen molar-refractivity contribution in [3.8, 4) is 5.75 Å². The van der Waals surface area contributed by atoms with Crippen molar-refractivity contribution in [3.63, 3.8) is 0 Å². The molecule has 0 fully saturated rings. The van der Waals surface area contributed by atoms with Crippen molar-refractivity contribution in [1.82, 2.24) is 0 Å². The molecule has 3 N–H and O–H groups in total. The number of fused-ring (bicyclic) bond motifs is 1. The van der Waals surface area contributed by atoms with Crippen LogP contribution in [0.3, 0.4) is 0 Å². The van der Waals surface area contributed by atoms with Crippen LogP contribution in [0.25, 0.3) is 10.8 Å². The molecule has 2 atom stereocenters. The number of allylic oxidation sites excluding steroid dienone is 1. The predicted molar refractivity (Wildman–Crippen MR) is 120 cm³/mol. The number of carboxylic acids is 1. The van der Waals surface area contributed by atoms with Gasteiger partial charge in [0.2, 0.25) is 0 Å². The van der Waals surface area contributed by atoms with Crippen LogP contribution in [0.2, 0.25) is 0 Å². The van der Waals surface area contributed by atoms with E-state index in [1.165, 1.54) is 0 Å². The average Bonchev–Trinajstić information content (AvgIpc) is 2.76. The molecule has 0 aromatic heterocycles. The molecular weight excluding hydrogens is 394 g/mol. The maximum atomic E-state index is 12.8. The summed E-state index contributed by atoms with van der Waals surface area (Å²) in [5.41, 5.74) is 1.41. The van der Waals surface area contributed by atoms with Crippen LogP contribution in [-0.4, -0.2) is 22.3 Å². The molecule has 0 unspecified atom stereocenters. The van der Waals surface area contributed by atoms with Gasteiger partial charge in [-0.05, 0) is 47.9 Å². The summed E-state index contributed by atoms with van der Waals surface area (Å²) in [5, 5.41) is 23.1. The van der Waals surface area contributed by atoms with Crippen LogP contribution in [0.1, 0.15) is 31.4 Å². The molecular formula is C25H25NO5. The number of carbonyl (C=O) groups excluding carboxylic acids is 1. The van der Waals surface area contributed by atoms with E-state index in [-0.39, 0.29) is 11.7 Å². The number of aliphatic carboxylic acids is 1. The standard InChI is InChI=1S/C25H25NO5/c1-17(7-2-5-12-23(28)29)24(19-13-15-20(27)16-14-19)31-25(30)26-22-11-6-9-18-8-3-4-10-21(18)22/h3-6,8-17,24,27H,2,7H2,1H3,(H,26,30)(H,28,29)/b12-5+/t17-,24+/m0/s1. The lowest BCUT2D eigenvalue weighted by molar-refractivity contribution is -0.131. The average molecular weight is 419 g/mol. The zero-order valence-corrected chi connectivity index (χ0v) is 17.2. The van der Waals surface area contributed by atoms with Crippen LogP contribution in [0, 0.1) is 5.92 Å². The SMILES string of the molecule is C[C@@H](CC/C=C/C(=O)O)[C@@H](OC(=O)Nc1cccc2ccccc12)c1ccc(O)cc1. The zero-order chi connectivity index (χ0) is 22.2. The third-order valence-corrected chi connectivity index (χ3v) is 5.05. The minimum Gasteiger partial charge on any atom is -0.508 e. The summed E-state index contributed by atoms with van der Waals surface area (Å²) in [6.07, 6.45) is 2.71. The summed E-state index contributed by atoms with van der Waals surface area (Å²) in [6, 6.07) is 19.9. The summed E-state index contributed by atoms with van der Waals surface area (Å²) in [5.74, 6) is -0.950. The number of hydrogen-bond acceptors (Lipinski definition) is 4. The monoisotopic (exact) mass is 419 g/mol. The van der Waals surface area contributed by atoms with E-state index in [1.54, 1.807) is 30.3 Å². The Labute approximate surface area is 180 Å². The second-order valence-electron chi connectivity index (χ2n) is 7.36. The number of nitrogens with one attached hydrogen (secondary N) is 1. The molecule has 0 bridgehead atoms. The molecule has 1 amide bonds. The lowest BCUT2D eigenvalue weighted by atomic mass is 9.93. The minimum absolute atomic E-state index is 0.0822. The maximum Gasteiger partial charge on any atom is 0.412 e. The van der Waals surface area contributed by atoms with Crippen LogP contribution in [-0.2, 0) is 9.53 Å². The van der Waals surface area contributed by atoms with Gasteiger partial charge in [-0.15, -0.1) is 0 Å². The van der Waals surface area contributed by atoms with E-state index >= 15 is 0 Å². The molecule has 0 saturated heterocycles. The fraction of sp³-hybridized carbons (Fsp3) is 0.200. The molecule has 0 aliphatic rings. The highest BCUT2D eigenvalue weighted by molar-refractivity contribution is 6.00. The summed E-state index contributed by atoms with van der Waals surface area (Å²) >= 11 is 0. The molecule has 6 nitrogen and oxygen atoms in total. The van der Waals surface area contributed by atoms with E-state index in [0.717, 1.165) is 22.4 Å². The third-order valence-electron chi connectivity index (χ3n) is 5.05. The Bertz CT molecular complexity index is 1070. The van der Waals surface area contributed by atoms with Crippen molar-refractivity contribution in [1.29, 1.82) is 0 Å². The Kier molecular flexibility index (Phi) is 7.27. The van der Waals surface area contributed by atoms with Crippen molar-refractivity contribution in [2.24, 2.45) is 5.92 Å². The van der Waals surface area contributed by atoms with E-state index in [0.29, 0.717) is 18.5 Å². The van der Waals surface area contributed by atoms with Gasteiger partial charge in [0.1, 0.15) is 11.9 Å². The molecule has 6 heteroatoms. The lowest BCUT2D eigenvalue weighted by Crippen LogP contribution is -2.22. The second-order valence-corrected chi connectivity index (χ2v) is 7.36. The summed E-state index contributed by atoms with van der Waals surface area (Å²) in [4.78, 5) is 23.4. The number of rotatable bonds is 8. The van der Waals surface area contributed by atoms with Gasteiger partial charge in [-0.3, -0.25) is 5.32 Å². The van der Waals surface area contributed by atoms with Crippen LogP contribution in [0.5, 0.6) is 5.75 Å². The molecule has 3 aromatic carbocycles. The quantitative estimate of drug-likeness (QED) is 0.396. The highest BCUT2D eigenvalue weighted by atomic mass is 16.6. The number of ether oxygens (including phenoxy) is 1. The highest BCUT2D eigenvalue weighted by Gasteiger charge is 2.24. The normalized spacial score (nSPS) is 13.1. The number of phenols is 1. The van der Waals surface area contributed by atoms with Crippen LogP contribution < -0.4 is 5.32 Å². The molecule has 31 heavy (non-hydrogen) atoms. The number of aromatic hydroxyl groups is 1. The zero-order valence-electron chi connectivity index (χ0n) is 17.2. The molecule has 0 aliphatic carbocycles. The first-order valence-corrected chi connectivity index (χ1v) is 10.1. The van der Waals surface area contributed by atoms with Gasteiger partial charge >= 0.3 is 12.1 Å². The molecule has 0 radical (unpaired) electrons. The highest BCUT2D eigenvalue weighted by Crippen LogP contribution is 2.31. The number of amides is 1. The fourth-order valence-electron chi connectivity index (χ4n) is 3.46. The first-order valence-electron chi connectivity index (χ1n) is 10.1. The molecule has 0 aliphatic heterocycles. The van der Waals surface area contributed by atoms with Gasteiger partial charge in [0, 0.05) is 11.5 Å². The molecule has 0 saturated carbocycles. The summed E-state index contributed by atoms with van der Waals surface area (Å²) < 4.78 is 5.80. The van der Waals surface area contributed by atoms with Gasteiger partial charge in [-0.1, -0.05) is 61.5 Å². The Hall–Kier alpha value is -3.80. The van der Waals surface area contributed by atoms with Gasteiger partial charge in [0.15, 0.2) is 0 Å². The fourth-order valence-corrected chi connectivity index (χ4v) is 3.46. The predicted octanol–water partition coefficient (Wildman–Crippen LogP) is 5.89. The van der Waals surface area contributed by atoms with Gasteiger partial charge in [0.05, 0.1) is 5.69 Å². The van der Waals surface area contributed by atoms with Crippen LogP contribution in [0.4, 0.5) is 10.5 Å². The van der Waals surface area contributed by atoms with Crippen molar-refractivity contribution < 1.29 is 24.5 Å². The van der Waals surface area contributed by atoms with Crippen molar-refractivity contribution in [2.75, 3.05) is 5.32 Å². The smallest absolute Gasteiger partial charge is 0.412 e. The summed E-state index contributed by atoms with van der Waals surface area (Å²) in [6.45, 7) is 1.94. The van der Waals surface area contributed by atoms with Gasteiger partial charge in [-0.2, -0.15) is 0 Å². The van der Waals surface area contributed by atoms with Crippen molar-refractivity contribution in [2.45, 2.75) is 25.9 Å². The minimum atomic E-state index is -0.992. The molecule has 3 rings (SSSR count). The number of phenolic OH excluding ortho intramolecular Hbond substituents is 1. The number of carboxylic acid groups (broad SMARTS) is 1. The molecule has 160 valence electrons. The van der Waals surface area contributed by atoms with Crippen LogP contribution >= 0.6 is 0 Å². The second kappa shape index (κ2) is 10.3. The maximum absolute atomic E-state index is 12.8. The molecule has 0 heterocycles. The van der Waals surface area contributed by atoms with Crippen LogP contribution in [0.15, 0.2) is 78.9 Å². The van der Waals surface area contributed by atoms with E-state index in [4.69, 9.17) is 9.84 Å². The first-order chi connectivity index (χ1) is 14.9. The van der Waals surface area contributed by atoms with Gasteiger partial charge in [-0.25, -0.2) is 9.59 Å². The Morgan fingerprint density at radius 3 is 2.48 bits per heavy atom. The Morgan fingerprint density at radius 2 is 1.74 bits per heavy atom. The van der Waals surface area contributed by atoms with E-state index in [9.17, 15) is 14.7 Å². The Balaban J connectivity index is 1.76. The number of anilines is 1. The number of carbonyl (C=O) groups is 2. The summed E-state index contributed by atoms with van der Waals surface area (Å²) in [7, 11) is 0. The van der Waals surface area contributed by atoms with E-state index in [1.807, 2.05) is 49.4 Å². The number of benzene rings is 3. The van der Waals surface area contributed by atoms with Gasteiger partial charge < -0.3 is 14.9 Å². The topological polar surface area (TPSA) is 95.9 Å². The van der Waals surface area contributed by atoms with E-state index < -0.39 is 18.2 Å². The Morgan fingerprint density at radius 1 is 1.03 bits per heavy atom. The molecule has 0 spiro atoms. The lowest BCUT2D eigenvalue weighted by Gasteiger charge is -2.25. The van der Waals surface area contributed by atoms with Crippen molar-refractivity contribution in [3.05, 3.63) is 84.4 Å². The third kappa shape index (κ3) is 6.09. The number of hydrogen-bond donors (Lipinski definition) is 3.